The van der Waals surface area contributed by atoms with Gasteiger partial charge in [-0.25, -0.2) is 0 Å². The molecule has 0 saturated carbocycles. The molecule has 20 heavy (non-hydrogen) atoms. The highest BCUT2D eigenvalue weighted by molar-refractivity contribution is 7.84. The second-order valence-electron chi connectivity index (χ2n) is 5.30. The molecule has 0 fully saturated rings. The van der Waals surface area contributed by atoms with Gasteiger partial charge in [-0.15, -0.1) is 0 Å². The molecule has 0 saturated heterocycles. The largest absolute Gasteiger partial charge is 0.326 e. The van der Waals surface area contributed by atoms with Crippen molar-refractivity contribution in [3.05, 3.63) is 64.7 Å². The molecule has 1 aliphatic rings. The maximum Gasteiger partial charge on any atom is 0.0574 e. The van der Waals surface area contributed by atoms with Gasteiger partial charge in [0.15, 0.2) is 0 Å². The third-order valence-electron chi connectivity index (χ3n) is 3.86. The van der Waals surface area contributed by atoms with Crippen molar-refractivity contribution in [2.75, 3.05) is 0 Å². The van der Waals surface area contributed by atoms with E-state index in [0.29, 0.717) is 12.3 Å². The molecule has 0 amide bonds. The minimum absolute atomic E-state index is 0.527. The molecule has 1 aliphatic carbocycles. The van der Waals surface area contributed by atoms with Crippen LogP contribution in [0.5, 0.6) is 0 Å². The highest BCUT2D eigenvalue weighted by Crippen LogP contribution is 2.25. The van der Waals surface area contributed by atoms with Gasteiger partial charge in [-0.3, -0.25) is 4.21 Å². The van der Waals surface area contributed by atoms with Crippen LogP contribution in [-0.4, -0.2) is 4.21 Å². The van der Waals surface area contributed by atoms with Crippen molar-refractivity contribution in [1.82, 2.24) is 0 Å². The lowest BCUT2D eigenvalue weighted by atomic mass is 10.1. The summed E-state index contributed by atoms with van der Waals surface area (Å²) in [4.78, 5) is 0.948. The molecule has 1 unspecified atom stereocenters. The molecular weight excluding hydrogens is 266 g/mol. The Bertz CT molecular complexity index is 651. The fraction of sp³-hybridized carbons (Fsp3) is 0.294. The fourth-order valence-corrected chi connectivity index (χ4v) is 3.91. The molecule has 0 aromatic heterocycles. The maximum absolute atomic E-state index is 12.5. The lowest BCUT2D eigenvalue weighted by molar-refractivity contribution is 0.682. The van der Waals surface area contributed by atoms with Crippen LogP contribution in [0.3, 0.4) is 0 Å². The molecule has 1 atom stereocenters. The third kappa shape index (κ3) is 2.84. The first-order chi connectivity index (χ1) is 9.76. The number of nitrogens with two attached hydrogens (primary N) is 1. The molecule has 3 heteroatoms. The van der Waals surface area contributed by atoms with E-state index in [-0.39, 0.29) is 0 Å². The SMILES string of the molecule is NCc1cccc(CS(=O)c2ccc3c(c2)CCC3)c1. The van der Waals surface area contributed by atoms with Crippen molar-refractivity contribution in [3.63, 3.8) is 0 Å². The minimum atomic E-state index is -0.978. The van der Waals surface area contributed by atoms with Crippen LogP contribution >= 0.6 is 0 Å². The van der Waals surface area contributed by atoms with Gasteiger partial charge < -0.3 is 5.73 Å². The highest BCUT2D eigenvalue weighted by atomic mass is 32.2. The van der Waals surface area contributed by atoms with Crippen LogP contribution in [0, 0.1) is 0 Å². The van der Waals surface area contributed by atoms with Gasteiger partial charge in [0.2, 0.25) is 0 Å². The second kappa shape index (κ2) is 5.90. The van der Waals surface area contributed by atoms with Crippen LogP contribution in [0.2, 0.25) is 0 Å². The molecule has 0 bridgehead atoms. The zero-order valence-corrected chi connectivity index (χ0v) is 12.3. The summed E-state index contributed by atoms with van der Waals surface area (Å²) in [6.07, 6.45) is 3.52. The van der Waals surface area contributed by atoms with Gasteiger partial charge in [-0.1, -0.05) is 30.3 Å². The zero-order chi connectivity index (χ0) is 13.9. The van der Waals surface area contributed by atoms with E-state index < -0.39 is 10.8 Å². The monoisotopic (exact) mass is 285 g/mol. The van der Waals surface area contributed by atoms with E-state index in [1.54, 1.807) is 0 Å². The van der Waals surface area contributed by atoms with Crippen molar-refractivity contribution in [2.45, 2.75) is 36.5 Å². The van der Waals surface area contributed by atoms with Crippen molar-refractivity contribution in [3.8, 4) is 0 Å². The average Bonchev–Trinajstić information content (AvgIpc) is 2.94. The van der Waals surface area contributed by atoms with Crippen LogP contribution < -0.4 is 5.73 Å². The van der Waals surface area contributed by atoms with E-state index in [9.17, 15) is 4.21 Å². The average molecular weight is 285 g/mol. The fourth-order valence-electron chi connectivity index (χ4n) is 2.77. The molecule has 2 nitrogen and oxygen atoms in total. The molecule has 3 rings (SSSR count). The molecule has 2 aromatic carbocycles. The van der Waals surface area contributed by atoms with Crippen LogP contribution in [0.4, 0.5) is 0 Å². The third-order valence-corrected chi connectivity index (χ3v) is 5.23. The highest BCUT2D eigenvalue weighted by Gasteiger charge is 2.13. The lowest BCUT2D eigenvalue weighted by Crippen LogP contribution is -2.00. The topological polar surface area (TPSA) is 43.1 Å². The standard InChI is InChI=1S/C17H19NOS/c18-11-13-3-1-4-14(9-13)12-20(19)17-8-7-15-5-2-6-16(15)10-17/h1,3-4,7-10H,2,5-6,11-12,18H2. The van der Waals surface area contributed by atoms with E-state index in [2.05, 4.69) is 12.1 Å². The molecule has 0 aliphatic heterocycles. The van der Waals surface area contributed by atoms with E-state index in [0.717, 1.165) is 22.4 Å². The minimum Gasteiger partial charge on any atom is -0.326 e. The first kappa shape index (κ1) is 13.5. The normalized spacial score (nSPS) is 15.1. The summed E-state index contributed by atoms with van der Waals surface area (Å²) in [6.45, 7) is 0.527. The van der Waals surface area contributed by atoms with E-state index in [4.69, 9.17) is 5.73 Å². The lowest BCUT2D eigenvalue weighted by Gasteiger charge is -2.07. The molecule has 0 radical (unpaired) electrons. The van der Waals surface area contributed by atoms with Gasteiger partial charge in [0.25, 0.3) is 0 Å². The Morgan fingerprint density at radius 3 is 2.65 bits per heavy atom. The predicted molar refractivity (Wildman–Crippen MR) is 82.9 cm³/mol. The Morgan fingerprint density at radius 1 is 1.00 bits per heavy atom. The quantitative estimate of drug-likeness (QED) is 0.938. The van der Waals surface area contributed by atoms with Crippen LogP contribution in [0.25, 0.3) is 0 Å². The summed E-state index contributed by atoms with van der Waals surface area (Å²) >= 11 is 0. The summed E-state index contributed by atoms with van der Waals surface area (Å²) in [5.74, 6) is 0.562. The maximum atomic E-state index is 12.5. The Kier molecular flexibility index (Phi) is 3.99. The summed E-state index contributed by atoms with van der Waals surface area (Å²) in [6, 6.07) is 14.3. The number of aryl methyl sites for hydroxylation is 2. The van der Waals surface area contributed by atoms with E-state index in [1.807, 2.05) is 30.3 Å². The van der Waals surface area contributed by atoms with E-state index >= 15 is 0 Å². The Morgan fingerprint density at radius 2 is 1.80 bits per heavy atom. The van der Waals surface area contributed by atoms with Crippen LogP contribution in [-0.2, 0) is 35.9 Å². The number of fused-ring (bicyclic) bond motifs is 1. The van der Waals surface area contributed by atoms with E-state index in [1.165, 1.54) is 24.0 Å². The van der Waals surface area contributed by atoms with Gasteiger partial charge in [-0.05, 0) is 53.6 Å². The summed E-state index contributed by atoms with van der Waals surface area (Å²) in [5, 5.41) is 0. The molecule has 0 heterocycles. The van der Waals surface area contributed by atoms with Crippen LogP contribution in [0.1, 0.15) is 28.7 Å². The van der Waals surface area contributed by atoms with Crippen molar-refractivity contribution < 1.29 is 4.21 Å². The number of hydrogen-bond acceptors (Lipinski definition) is 2. The van der Waals surface area contributed by atoms with Gasteiger partial charge in [0.05, 0.1) is 16.6 Å². The number of benzene rings is 2. The van der Waals surface area contributed by atoms with Crippen LogP contribution in [0.15, 0.2) is 47.4 Å². The number of rotatable bonds is 4. The predicted octanol–water partition coefficient (Wildman–Crippen LogP) is 2.94. The smallest absolute Gasteiger partial charge is 0.0574 e. The first-order valence-electron chi connectivity index (χ1n) is 7.04. The second-order valence-corrected chi connectivity index (χ2v) is 6.75. The van der Waals surface area contributed by atoms with Crippen molar-refractivity contribution in [1.29, 1.82) is 0 Å². The Labute approximate surface area is 122 Å². The Hall–Kier alpha value is -1.45. The summed E-state index contributed by atoms with van der Waals surface area (Å²) in [5.41, 5.74) is 10.6. The van der Waals surface area contributed by atoms with Gasteiger partial charge in [0, 0.05) is 11.4 Å². The molecule has 104 valence electrons. The van der Waals surface area contributed by atoms with Crippen molar-refractivity contribution in [2.24, 2.45) is 5.73 Å². The Balaban J connectivity index is 1.79. The summed E-state index contributed by atoms with van der Waals surface area (Å²) < 4.78 is 12.5. The first-order valence-corrected chi connectivity index (χ1v) is 8.36. The molecular formula is C17H19NOS. The van der Waals surface area contributed by atoms with Gasteiger partial charge in [0.1, 0.15) is 0 Å². The van der Waals surface area contributed by atoms with Gasteiger partial charge >= 0.3 is 0 Å². The number of hydrogen-bond donors (Lipinski definition) is 1. The van der Waals surface area contributed by atoms with Gasteiger partial charge in [-0.2, -0.15) is 0 Å². The summed E-state index contributed by atoms with van der Waals surface area (Å²) in [7, 11) is -0.978. The zero-order valence-electron chi connectivity index (χ0n) is 11.5. The molecule has 2 N–H and O–H groups in total. The molecule has 0 spiro atoms. The van der Waals surface area contributed by atoms with Crippen molar-refractivity contribution >= 4 is 10.8 Å². The molecule has 2 aromatic rings.